The molecule has 1 N–H and O–H groups in total. The van der Waals surface area contributed by atoms with Gasteiger partial charge in [-0.1, -0.05) is 25.7 Å². The van der Waals surface area contributed by atoms with Crippen molar-refractivity contribution in [3.05, 3.63) is 18.0 Å². The van der Waals surface area contributed by atoms with E-state index in [1.165, 1.54) is 38.5 Å². The first-order valence-corrected chi connectivity index (χ1v) is 8.00. The Labute approximate surface area is 122 Å². The predicted molar refractivity (Wildman–Crippen MR) is 81.8 cm³/mol. The van der Waals surface area contributed by atoms with Crippen molar-refractivity contribution in [1.82, 2.24) is 15.1 Å². The van der Waals surface area contributed by atoms with E-state index in [0.717, 1.165) is 18.7 Å². The highest BCUT2D eigenvalue weighted by molar-refractivity contribution is 5.06. The summed E-state index contributed by atoms with van der Waals surface area (Å²) in [4.78, 5) is 0. The third-order valence-corrected chi connectivity index (χ3v) is 4.55. The van der Waals surface area contributed by atoms with Gasteiger partial charge in [-0.25, -0.2) is 0 Å². The average molecular weight is 279 g/mol. The summed E-state index contributed by atoms with van der Waals surface area (Å²) >= 11 is 0. The number of likely N-dealkylation sites (N-methyl/N-ethyl adjacent to an activating group) is 1. The maximum atomic E-state index is 6.29. The number of aromatic nitrogens is 2. The number of aryl methyl sites for hydroxylation is 1. The molecule has 0 aromatic carbocycles. The highest BCUT2D eigenvalue weighted by Crippen LogP contribution is 2.34. The van der Waals surface area contributed by atoms with Gasteiger partial charge in [-0.05, 0) is 32.9 Å². The van der Waals surface area contributed by atoms with Gasteiger partial charge in [-0.3, -0.25) is 4.68 Å². The normalized spacial score (nSPS) is 20.6. The van der Waals surface area contributed by atoms with Crippen LogP contribution in [-0.4, -0.2) is 35.1 Å². The molecule has 2 rings (SSSR count). The Morgan fingerprint density at radius 2 is 2.05 bits per heavy atom. The standard InChI is InChI=1S/C16H29N3O/c1-4-20-16(10-7-5-6-8-11-16)15(17-2)13-14-9-12-19(3)18-14/h9,12,15,17H,4-8,10-11,13H2,1-3H3. The van der Waals surface area contributed by atoms with Gasteiger partial charge < -0.3 is 10.1 Å². The van der Waals surface area contributed by atoms with Crippen LogP contribution in [0.2, 0.25) is 0 Å². The fourth-order valence-electron chi connectivity index (χ4n) is 3.54. The van der Waals surface area contributed by atoms with Crippen LogP contribution in [0.25, 0.3) is 0 Å². The summed E-state index contributed by atoms with van der Waals surface area (Å²) in [5.74, 6) is 0. The molecule has 1 unspecified atom stereocenters. The van der Waals surface area contributed by atoms with E-state index in [9.17, 15) is 0 Å². The van der Waals surface area contributed by atoms with Gasteiger partial charge in [0.25, 0.3) is 0 Å². The van der Waals surface area contributed by atoms with Gasteiger partial charge in [-0.2, -0.15) is 5.10 Å². The molecule has 1 aromatic rings. The first kappa shape index (κ1) is 15.5. The summed E-state index contributed by atoms with van der Waals surface area (Å²) in [6, 6.07) is 2.45. The summed E-state index contributed by atoms with van der Waals surface area (Å²) < 4.78 is 8.16. The molecule has 1 fully saturated rings. The summed E-state index contributed by atoms with van der Waals surface area (Å²) in [6.45, 7) is 2.90. The van der Waals surface area contributed by atoms with E-state index in [4.69, 9.17) is 4.74 Å². The lowest BCUT2D eigenvalue weighted by Crippen LogP contribution is -2.52. The van der Waals surface area contributed by atoms with Crippen LogP contribution in [0.1, 0.15) is 51.1 Å². The molecule has 114 valence electrons. The van der Waals surface area contributed by atoms with Gasteiger partial charge in [0, 0.05) is 32.3 Å². The molecule has 20 heavy (non-hydrogen) atoms. The van der Waals surface area contributed by atoms with E-state index in [1.807, 2.05) is 17.9 Å². The molecule has 1 aliphatic carbocycles. The molecule has 0 radical (unpaired) electrons. The Balaban J connectivity index is 2.15. The second-order valence-electron chi connectivity index (χ2n) is 5.94. The molecule has 1 aromatic heterocycles. The number of hydrogen-bond acceptors (Lipinski definition) is 3. The van der Waals surface area contributed by atoms with E-state index in [2.05, 4.69) is 30.5 Å². The van der Waals surface area contributed by atoms with E-state index >= 15 is 0 Å². The fourth-order valence-corrected chi connectivity index (χ4v) is 3.54. The first-order valence-electron chi connectivity index (χ1n) is 8.00. The summed E-state index contributed by atoms with van der Waals surface area (Å²) in [5.41, 5.74) is 1.13. The molecule has 1 aliphatic rings. The molecular weight excluding hydrogens is 250 g/mol. The van der Waals surface area contributed by atoms with Gasteiger partial charge in [-0.15, -0.1) is 0 Å². The topological polar surface area (TPSA) is 39.1 Å². The predicted octanol–water partition coefficient (Wildman–Crippen LogP) is 2.68. The zero-order valence-corrected chi connectivity index (χ0v) is 13.2. The second-order valence-corrected chi connectivity index (χ2v) is 5.94. The Kier molecular flexibility index (Phi) is 5.61. The minimum atomic E-state index is -0.0163. The van der Waals surface area contributed by atoms with Gasteiger partial charge in [0.15, 0.2) is 0 Å². The van der Waals surface area contributed by atoms with Gasteiger partial charge in [0.05, 0.1) is 11.3 Å². The average Bonchev–Trinajstić information content (AvgIpc) is 2.71. The lowest BCUT2D eigenvalue weighted by molar-refractivity contribution is -0.0754. The minimum absolute atomic E-state index is 0.0163. The lowest BCUT2D eigenvalue weighted by Gasteiger charge is -2.40. The Morgan fingerprint density at radius 3 is 2.55 bits per heavy atom. The molecule has 4 nitrogen and oxygen atoms in total. The lowest BCUT2D eigenvalue weighted by atomic mass is 9.83. The molecule has 1 atom stereocenters. The first-order chi connectivity index (χ1) is 9.70. The number of rotatable bonds is 6. The van der Waals surface area contributed by atoms with Gasteiger partial charge in [0.1, 0.15) is 0 Å². The van der Waals surface area contributed by atoms with Crippen LogP contribution in [0.15, 0.2) is 12.3 Å². The fraction of sp³-hybridized carbons (Fsp3) is 0.812. The zero-order chi connectivity index (χ0) is 14.4. The zero-order valence-electron chi connectivity index (χ0n) is 13.2. The van der Waals surface area contributed by atoms with Crippen LogP contribution < -0.4 is 5.32 Å². The highest BCUT2D eigenvalue weighted by atomic mass is 16.5. The van der Waals surface area contributed by atoms with E-state index in [0.29, 0.717) is 6.04 Å². The molecule has 0 amide bonds. The van der Waals surface area contributed by atoms with Crippen molar-refractivity contribution >= 4 is 0 Å². The molecule has 0 saturated heterocycles. The van der Waals surface area contributed by atoms with Crippen LogP contribution in [0.3, 0.4) is 0 Å². The van der Waals surface area contributed by atoms with Crippen molar-refractivity contribution in [3.8, 4) is 0 Å². The minimum Gasteiger partial charge on any atom is -0.374 e. The van der Waals surface area contributed by atoms with E-state index in [1.54, 1.807) is 0 Å². The molecule has 1 saturated carbocycles. The van der Waals surface area contributed by atoms with E-state index < -0.39 is 0 Å². The van der Waals surface area contributed by atoms with Crippen molar-refractivity contribution in [2.24, 2.45) is 7.05 Å². The summed E-state index contributed by atoms with van der Waals surface area (Å²) in [6.07, 6.45) is 10.5. The molecule has 0 spiro atoms. The molecular formula is C16H29N3O. The SMILES string of the molecule is CCOC1(C(Cc2ccn(C)n2)NC)CCCCCC1. The summed E-state index contributed by atoms with van der Waals surface area (Å²) in [7, 11) is 4.03. The second kappa shape index (κ2) is 7.23. The van der Waals surface area contributed by atoms with E-state index in [-0.39, 0.29) is 5.60 Å². The van der Waals surface area contributed by atoms with Crippen LogP contribution in [0.4, 0.5) is 0 Å². The number of ether oxygens (including phenoxy) is 1. The van der Waals surface area contributed by atoms with Crippen LogP contribution in [0, 0.1) is 0 Å². The number of nitrogens with zero attached hydrogens (tertiary/aromatic N) is 2. The van der Waals surface area contributed by atoms with Crippen molar-refractivity contribution in [3.63, 3.8) is 0 Å². The van der Waals surface area contributed by atoms with Crippen molar-refractivity contribution in [1.29, 1.82) is 0 Å². The summed E-state index contributed by atoms with van der Waals surface area (Å²) in [5, 5.41) is 8.04. The quantitative estimate of drug-likeness (QED) is 0.814. The van der Waals surface area contributed by atoms with Gasteiger partial charge >= 0.3 is 0 Å². The molecule has 4 heteroatoms. The largest absolute Gasteiger partial charge is 0.374 e. The molecule has 0 aliphatic heterocycles. The smallest absolute Gasteiger partial charge is 0.0838 e. The van der Waals surface area contributed by atoms with Crippen molar-refractivity contribution < 1.29 is 4.74 Å². The highest BCUT2D eigenvalue weighted by Gasteiger charge is 2.39. The Bertz CT molecular complexity index is 394. The van der Waals surface area contributed by atoms with Crippen LogP contribution in [0.5, 0.6) is 0 Å². The van der Waals surface area contributed by atoms with Crippen LogP contribution in [-0.2, 0) is 18.2 Å². The molecule has 1 heterocycles. The third kappa shape index (κ3) is 3.61. The maximum absolute atomic E-state index is 6.29. The third-order valence-electron chi connectivity index (χ3n) is 4.55. The Morgan fingerprint density at radius 1 is 1.35 bits per heavy atom. The number of hydrogen-bond donors (Lipinski definition) is 1. The Hall–Kier alpha value is -0.870. The monoisotopic (exact) mass is 279 g/mol. The van der Waals surface area contributed by atoms with Crippen LogP contribution >= 0.6 is 0 Å². The van der Waals surface area contributed by atoms with Crippen molar-refractivity contribution in [2.75, 3.05) is 13.7 Å². The maximum Gasteiger partial charge on any atom is 0.0838 e. The van der Waals surface area contributed by atoms with Gasteiger partial charge in [0.2, 0.25) is 0 Å². The molecule has 0 bridgehead atoms. The number of nitrogens with one attached hydrogen (secondary N) is 1. The van der Waals surface area contributed by atoms with Crippen molar-refractivity contribution in [2.45, 2.75) is 63.5 Å².